The summed E-state index contributed by atoms with van der Waals surface area (Å²) in [5.74, 6) is 0.888. The normalized spacial score (nSPS) is 15.8. The third-order valence-electron chi connectivity index (χ3n) is 5.85. The van der Waals surface area contributed by atoms with Crippen LogP contribution >= 0.6 is 11.6 Å². The summed E-state index contributed by atoms with van der Waals surface area (Å²) in [7, 11) is 1.55. The number of halogens is 1. The molecular formula is C24H25ClN4O2. The van der Waals surface area contributed by atoms with Gasteiger partial charge in [0.2, 0.25) is 5.91 Å². The Morgan fingerprint density at radius 3 is 2.65 bits per heavy atom. The molecule has 2 aliphatic rings. The van der Waals surface area contributed by atoms with E-state index < -0.39 is 0 Å². The highest BCUT2D eigenvalue weighted by molar-refractivity contribution is 6.31. The van der Waals surface area contributed by atoms with Gasteiger partial charge in [-0.05, 0) is 66.6 Å². The monoisotopic (exact) mass is 436 g/mol. The fraction of sp³-hybridized carbons (Fsp3) is 0.375. The van der Waals surface area contributed by atoms with E-state index in [9.17, 15) is 4.79 Å². The van der Waals surface area contributed by atoms with Gasteiger partial charge in [0.05, 0.1) is 5.52 Å². The van der Waals surface area contributed by atoms with E-state index in [-0.39, 0.29) is 18.6 Å². The summed E-state index contributed by atoms with van der Waals surface area (Å²) in [6.07, 6.45) is 6.05. The molecule has 6 nitrogen and oxygen atoms in total. The standard InChI is InChI=1S/C24H25ClN4O2/c1-31-13-23(30)29(19-6-7-19)12-17-10-15(2-8-21(17)25)16-3-9-22-20(11-16)24(27-14-26-22)28-18-4-5-18/h2-3,8-11,14,18-19H,4-7,12-13H2,1H3,(H,26,27,28). The Kier molecular flexibility index (Phi) is 5.50. The minimum Gasteiger partial charge on any atom is -0.375 e. The number of amides is 1. The Morgan fingerprint density at radius 1 is 1.13 bits per heavy atom. The number of fused-ring (bicyclic) bond motifs is 1. The average Bonchev–Trinajstić information content (AvgIpc) is 3.68. The maximum atomic E-state index is 12.5. The van der Waals surface area contributed by atoms with Gasteiger partial charge in [-0.1, -0.05) is 23.7 Å². The van der Waals surface area contributed by atoms with Crippen molar-refractivity contribution in [1.82, 2.24) is 14.9 Å². The van der Waals surface area contributed by atoms with E-state index in [0.29, 0.717) is 17.6 Å². The fourth-order valence-corrected chi connectivity index (χ4v) is 4.02. The number of methoxy groups -OCH3 is 1. The predicted octanol–water partition coefficient (Wildman–Crippen LogP) is 4.66. The molecule has 31 heavy (non-hydrogen) atoms. The molecule has 0 spiro atoms. The maximum absolute atomic E-state index is 12.5. The number of carbonyl (C=O) groups is 1. The van der Waals surface area contributed by atoms with Crippen LogP contribution in [0.15, 0.2) is 42.7 Å². The van der Waals surface area contributed by atoms with E-state index >= 15 is 0 Å². The van der Waals surface area contributed by atoms with Crippen molar-refractivity contribution < 1.29 is 9.53 Å². The third-order valence-corrected chi connectivity index (χ3v) is 6.22. The minimum absolute atomic E-state index is 0.00474. The smallest absolute Gasteiger partial charge is 0.249 e. The van der Waals surface area contributed by atoms with E-state index in [1.54, 1.807) is 13.4 Å². The van der Waals surface area contributed by atoms with Crippen LogP contribution in [-0.4, -0.2) is 46.6 Å². The van der Waals surface area contributed by atoms with E-state index in [4.69, 9.17) is 16.3 Å². The zero-order chi connectivity index (χ0) is 21.4. The van der Waals surface area contributed by atoms with Gasteiger partial charge < -0.3 is 15.0 Å². The Balaban J connectivity index is 1.46. The third kappa shape index (κ3) is 4.50. The molecule has 2 fully saturated rings. The molecule has 0 unspecified atom stereocenters. The number of anilines is 1. The number of aromatic nitrogens is 2. The van der Waals surface area contributed by atoms with Crippen LogP contribution in [0.2, 0.25) is 5.02 Å². The van der Waals surface area contributed by atoms with Crippen molar-refractivity contribution in [3.8, 4) is 11.1 Å². The van der Waals surface area contributed by atoms with Crippen LogP contribution in [0.4, 0.5) is 5.82 Å². The van der Waals surface area contributed by atoms with Crippen LogP contribution in [0.25, 0.3) is 22.0 Å². The van der Waals surface area contributed by atoms with Gasteiger partial charge in [0.25, 0.3) is 0 Å². The van der Waals surface area contributed by atoms with Gasteiger partial charge in [0, 0.05) is 36.1 Å². The first-order valence-electron chi connectivity index (χ1n) is 10.7. The summed E-state index contributed by atoms with van der Waals surface area (Å²) in [6.45, 7) is 0.583. The lowest BCUT2D eigenvalue weighted by atomic mass is 10.0. The van der Waals surface area contributed by atoms with E-state index in [2.05, 4.69) is 33.5 Å². The van der Waals surface area contributed by atoms with Crippen LogP contribution in [-0.2, 0) is 16.1 Å². The van der Waals surface area contributed by atoms with Crippen LogP contribution in [0.5, 0.6) is 0 Å². The Labute approximate surface area is 186 Å². The first-order chi connectivity index (χ1) is 15.1. The second-order valence-corrected chi connectivity index (χ2v) is 8.77. The van der Waals surface area contributed by atoms with Gasteiger partial charge in [0.1, 0.15) is 18.8 Å². The van der Waals surface area contributed by atoms with Gasteiger partial charge >= 0.3 is 0 Å². The lowest BCUT2D eigenvalue weighted by molar-refractivity contribution is -0.136. The molecule has 0 radical (unpaired) electrons. The summed E-state index contributed by atoms with van der Waals surface area (Å²) in [4.78, 5) is 23.3. The zero-order valence-electron chi connectivity index (χ0n) is 17.5. The van der Waals surface area contributed by atoms with Gasteiger partial charge in [-0.15, -0.1) is 0 Å². The number of nitrogens with zero attached hydrogens (tertiary/aromatic N) is 3. The van der Waals surface area contributed by atoms with Crippen LogP contribution in [0, 0.1) is 0 Å². The predicted molar refractivity (Wildman–Crippen MR) is 122 cm³/mol. The van der Waals surface area contributed by atoms with Gasteiger partial charge in [-0.25, -0.2) is 9.97 Å². The molecule has 2 aliphatic carbocycles. The SMILES string of the molecule is COCC(=O)N(Cc1cc(-c2ccc3ncnc(NC4CC4)c3c2)ccc1Cl)C1CC1. The Bertz CT molecular complexity index is 1130. The molecule has 1 N–H and O–H groups in total. The van der Waals surface area contributed by atoms with E-state index in [0.717, 1.165) is 46.3 Å². The molecule has 1 heterocycles. The topological polar surface area (TPSA) is 67.3 Å². The summed E-state index contributed by atoms with van der Waals surface area (Å²) in [6, 6.07) is 13.0. The summed E-state index contributed by atoms with van der Waals surface area (Å²) >= 11 is 6.52. The highest BCUT2D eigenvalue weighted by Gasteiger charge is 2.32. The molecule has 0 atom stereocenters. The molecule has 160 valence electrons. The van der Waals surface area contributed by atoms with Crippen molar-refractivity contribution in [2.75, 3.05) is 19.0 Å². The molecule has 1 amide bonds. The van der Waals surface area contributed by atoms with Gasteiger partial charge in [-0.3, -0.25) is 4.79 Å². The molecule has 5 rings (SSSR count). The van der Waals surface area contributed by atoms with Crippen LogP contribution < -0.4 is 5.32 Å². The maximum Gasteiger partial charge on any atom is 0.249 e. The molecule has 2 aromatic carbocycles. The van der Waals surface area contributed by atoms with E-state index in [1.165, 1.54) is 12.8 Å². The van der Waals surface area contributed by atoms with Crippen molar-refractivity contribution in [3.05, 3.63) is 53.3 Å². The zero-order valence-corrected chi connectivity index (χ0v) is 18.2. The lowest BCUT2D eigenvalue weighted by Crippen LogP contribution is -2.35. The highest BCUT2D eigenvalue weighted by Crippen LogP contribution is 2.34. The summed E-state index contributed by atoms with van der Waals surface area (Å²) in [5, 5.41) is 5.18. The van der Waals surface area contributed by atoms with Gasteiger partial charge in [-0.2, -0.15) is 0 Å². The van der Waals surface area contributed by atoms with Crippen molar-refractivity contribution in [3.63, 3.8) is 0 Å². The number of benzene rings is 2. The highest BCUT2D eigenvalue weighted by atomic mass is 35.5. The molecule has 0 saturated heterocycles. The van der Waals surface area contributed by atoms with Gasteiger partial charge in [0.15, 0.2) is 0 Å². The second kappa shape index (κ2) is 8.44. The first-order valence-corrected chi connectivity index (χ1v) is 11.1. The largest absolute Gasteiger partial charge is 0.375 e. The summed E-state index contributed by atoms with van der Waals surface area (Å²) in [5.41, 5.74) is 3.98. The molecule has 0 bridgehead atoms. The number of ether oxygens (including phenoxy) is 1. The molecular weight excluding hydrogens is 412 g/mol. The van der Waals surface area contributed by atoms with Crippen molar-refractivity contribution in [2.45, 2.75) is 44.3 Å². The number of carbonyl (C=O) groups excluding carboxylic acids is 1. The van der Waals surface area contributed by atoms with Crippen molar-refractivity contribution in [2.24, 2.45) is 0 Å². The number of hydrogen-bond acceptors (Lipinski definition) is 5. The van der Waals surface area contributed by atoms with Crippen LogP contribution in [0.3, 0.4) is 0 Å². The van der Waals surface area contributed by atoms with Crippen molar-refractivity contribution >= 4 is 34.2 Å². The Morgan fingerprint density at radius 2 is 1.90 bits per heavy atom. The Hall–Kier alpha value is -2.70. The van der Waals surface area contributed by atoms with E-state index in [1.807, 2.05) is 23.1 Å². The fourth-order valence-electron chi connectivity index (χ4n) is 3.84. The molecule has 7 heteroatoms. The molecule has 2 saturated carbocycles. The van der Waals surface area contributed by atoms with Crippen molar-refractivity contribution in [1.29, 1.82) is 0 Å². The summed E-state index contributed by atoms with van der Waals surface area (Å²) < 4.78 is 5.07. The molecule has 3 aromatic rings. The van der Waals surface area contributed by atoms with Crippen LogP contribution in [0.1, 0.15) is 31.2 Å². The first kappa shape index (κ1) is 20.2. The molecule has 0 aliphatic heterocycles. The average molecular weight is 437 g/mol. The number of nitrogens with one attached hydrogen (secondary N) is 1. The number of hydrogen-bond donors (Lipinski definition) is 1. The quantitative estimate of drug-likeness (QED) is 0.556. The molecule has 1 aromatic heterocycles. The second-order valence-electron chi connectivity index (χ2n) is 8.36. The number of rotatable bonds is 8. The minimum atomic E-state index is 0.00474. The lowest BCUT2D eigenvalue weighted by Gasteiger charge is -2.23.